The Hall–Kier alpha value is -2.76. The number of fused-ring (bicyclic) bond motifs is 1. The van der Waals surface area contributed by atoms with Crippen molar-refractivity contribution in [1.82, 2.24) is 19.5 Å². The van der Waals surface area contributed by atoms with E-state index in [1.54, 1.807) is 22.7 Å². The highest BCUT2D eigenvalue weighted by Gasteiger charge is 2.29. The minimum Gasteiger partial charge on any atom is -0.334 e. The average Bonchev–Trinajstić information content (AvgIpc) is 3.02. The summed E-state index contributed by atoms with van der Waals surface area (Å²) in [5, 5.41) is 4.35. The van der Waals surface area contributed by atoms with Gasteiger partial charge in [-0.3, -0.25) is 4.79 Å². The van der Waals surface area contributed by atoms with E-state index in [4.69, 9.17) is 4.98 Å². The third-order valence-corrected chi connectivity index (χ3v) is 4.93. The molecule has 0 radical (unpaired) electrons. The summed E-state index contributed by atoms with van der Waals surface area (Å²) in [6.07, 6.45) is 4.86. The first-order valence-electron chi connectivity index (χ1n) is 8.97. The number of aryl methyl sites for hydroxylation is 1. The minimum absolute atomic E-state index is 0.0499. The van der Waals surface area contributed by atoms with E-state index >= 15 is 0 Å². The van der Waals surface area contributed by atoms with Crippen LogP contribution in [-0.2, 0) is 11.2 Å². The Morgan fingerprint density at radius 3 is 2.96 bits per heavy atom. The van der Waals surface area contributed by atoms with Gasteiger partial charge >= 0.3 is 0 Å². The summed E-state index contributed by atoms with van der Waals surface area (Å²) in [5.74, 6) is -0.380. The zero-order valence-electron chi connectivity index (χ0n) is 14.7. The summed E-state index contributed by atoms with van der Waals surface area (Å²) in [6, 6.07) is 10.3. The molecule has 134 valence electrons. The predicted molar refractivity (Wildman–Crippen MR) is 96.1 cm³/mol. The Balaban J connectivity index is 1.60. The van der Waals surface area contributed by atoms with Crippen molar-refractivity contribution in [1.29, 1.82) is 0 Å². The normalized spacial score (nSPS) is 17.6. The van der Waals surface area contributed by atoms with E-state index in [1.165, 1.54) is 6.07 Å². The van der Waals surface area contributed by atoms with Gasteiger partial charge in [0.1, 0.15) is 5.82 Å². The number of amides is 1. The number of benzene rings is 1. The SMILES string of the molecule is Cc1cc2nc([C@H]3CCCCN3C(=O)Cc3ccccc3F)ccn2n1. The first kappa shape index (κ1) is 16.7. The van der Waals surface area contributed by atoms with Gasteiger partial charge in [-0.1, -0.05) is 18.2 Å². The summed E-state index contributed by atoms with van der Waals surface area (Å²) in [6.45, 7) is 2.61. The molecule has 0 unspecified atom stereocenters. The monoisotopic (exact) mass is 352 g/mol. The number of likely N-dealkylation sites (tertiary alicyclic amines) is 1. The molecule has 26 heavy (non-hydrogen) atoms. The molecule has 0 aliphatic carbocycles. The highest BCUT2D eigenvalue weighted by molar-refractivity contribution is 5.79. The van der Waals surface area contributed by atoms with Gasteiger partial charge in [-0.25, -0.2) is 13.9 Å². The van der Waals surface area contributed by atoms with Gasteiger partial charge in [0.05, 0.1) is 23.9 Å². The molecular weight excluding hydrogens is 331 g/mol. The molecule has 1 aliphatic heterocycles. The van der Waals surface area contributed by atoms with Crippen LogP contribution in [0.1, 0.15) is 42.3 Å². The lowest BCUT2D eigenvalue weighted by molar-refractivity contribution is -0.134. The Bertz CT molecular complexity index is 952. The number of carbonyl (C=O) groups is 1. The van der Waals surface area contributed by atoms with Crippen molar-refractivity contribution in [2.24, 2.45) is 0 Å². The van der Waals surface area contributed by atoms with Crippen LogP contribution in [0.2, 0.25) is 0 Å². The fourth-order valence-electron chi connectivity index (χ4n) is 3.64. The van der Waals surface area contributed by atoms with Gasteiger partial charge in [-0.2, -0.15) is 5.10 Å². The first-order chi connectivity index (χ1) is 12.6. The lowest BCUT2D eigenvalue weighted by Gasteiger charge is -2.35. The lowest BCUT2D eigenvalue weighted by Crippen LogP contribution is -2.39. The van der Waals surface area contributed by atoms with Crippen LogP contribution in [0.3, 0.4) is 0 Å². The van der Waals surface area contributed by atoms with Gasteiger partial charge in [-0.15, -0.1) is 0 Å². The highest BCUT2D eigenvalue weighted by atomic mass is 19.1. The molecule has 1 aromatic carbocycles. The van der Waals surface area contributed by atoms with E-state index in [2.05, 4.69) is 5.10 Å². The molecule has 1 amide bonds. The van der Waals surface area contributed by atoms with Gasteiger partial charge in [-0.05, 0) is 43.9 Å². The van der Waals surface area contributed by atoms with Gasteiger partial charge in [0, 0.05) is 18.8 Å². The minimum atomic E-state index is -0.330. The number of rotatable bonds is 3. The van der Waals surface area contributed by atoms with Crippen LogP contribution >= 0.6 is 0 Å². The predicted octanol–water partition coefficient (Wildman–Crippen LogP) is 3.47. The van der Waals surface area contributed by atoms with Gasteiger partial charge in [0.15, 0.2) is 5.65 Å². The number of carbonyl (C=O) groups excluding carboxylic acids is 1. The van der Waals surface area contributed by atoms with Crippen molar-refractivity contribution in [3.8, 4) is 0 Å². The molecule has 1 atom stereocenters. The maximum atomic E-state index is 13.9. The van der Waals surface area contributed by atoms with Gasteiger partial charge < -0.3 is 4.90 Å². The Labute approximate surface area is 151 Å². The second-order valence-corrected chi connectivity index (χ2v) is 6.81. The number of hydrogen-bond donors (Lipinski definition) is 0. The van der Waals surface area contributed by atoms with Gasteiger partial charge in [0.25, 0.3) is 0 Å². The Morgan fingerprint density at radius 2 is 2.12 bits per heavy atom. The molecule has 3 heterocycles. The van der Waals surface area contributed by atoms with E-state index in [-0.39, 0.29) is 24.2 Å². The van der Waals surface area contributed by atoms with Crippen molar-refractivity contribution < 1.29 is 9.18 Å². The quantitative estimate of drug-likeness (QED) is 0.725. The van der Waals surface area contributed by atoms with E-state index in [0.717, 1.165) is 36.3 Å². The second kappa shape index (κ2) is 6.86. The number of nitrogens with zero attached hydrogens (tertiary/aromatic N) is 4. The zero-order chi connectivity index (χ0) is 18.1. The van der Waals surface area contributed by atoms with Crippen LogP contribution in [0.4, 0.5) is 4.39 Å². The third kappa shape index (κ3) is 3.19. The van der Waals surface area contributed by atoms with Gasteiger partial charge in [0.2, 0.25) is 5.91 Å². The molecule has 2 aromatic heterocycles. The van der Waals surface area contributed by atoms with Crippen LogP contribution in [0.5, 0.6) is 0 Å². The molecule has 1 aliphatic rings. The molecule has 4 rings (SSSR count). The van der Waals surface area contributed by atoms with E-state index < -0.39 is 0 Å². The smallest absolute Gasteiger partial charge is 0.227 e. The molecule has 0 bridgehead atoms. The molecule has 5 nitrogen and oxygen atoms in total. The summed E-state index contributed by atoms with van der Waals surface area (Å²) in [4.78, 5) is 19.5. The maximum absolute atomic E-state index is 13.9. The standard InChI is InChI=1S/C20H21FN4O/c1-14-12-19-22-17(9-11-25(19)23-14)18-8-4-5-10-24(18)20(26)13-15-6-2-3-7-16(15)21/h2-3,6-7,9,11-12,18H,4-5,8,10,13H2,1H3/t18-/m1/s1. The second-order valence-electron chi connectivity index (χ2n) is 6.81. The molecule has 0 saturated carbocycles. The van der Waals surface area contributed by atoms with Crippen LogP contribution in [-0.4, -0.2) is 31.9 Å². The van der Waals surface area contributed by atoms with Crippen LogP contribution in [0.25, 0.3) is 5.65 Å². The molecule has 6 heteroatoms. The number of halogens is 1. The number of aromatic nitrogens is 3. The topological polar surface area (TPSA) is 50.5 Å². The average molecular weight is 352 g/mol. The largest absolute Gasteiger partial charge is 0.334 e. The first-order valence-corrected chi connectivity index (χ1v) is 8.97. The lowest BCUT2D eigenvalue weighted by atomic mass is 9.98. The number of hydrogen-bond acceptors (Lipinski definition) is 3. The van der Waals surface area contributed by atoms with E-state index in [9.17, 15) is 9.18 Å². The van der Waals surface area contributed by atoms with Crippen molar-refractivity contribution in [3.63, 3.8) is 0 Å². The number of piperidine rings is 1. The summed E-state index contributed by atoms with van der Waals surface area (Å²) in [5.41, 5.74) is 3.01. The van der Waals surface area contributed by atoms with E-state index in [1.807, 2.05) is 30.2 Å². The fourth-order valence-corrected chi connectivity index (χ4v) is 3.64. The molecule has 1 saturated heterocycles. The van der Waals surface area contributed by atoms with Crippen LogP contribution < -0.4 is 0 Å². The summed E-state index contributed by atoms with van der Waals surface area (Å²) < 4.78 is 15.7. The molecule has 0 spiro atoms. The Morgan fingerprint density at radius 1 is 1.27 bits per heavy atom. The highest BCUT2D eigenvalue weighted by Crippen LogP contribution is 2.30. The van der Waals surface area contributed by atoms with Crippen molar-refractivity contribution >= 4 is 11.6 Å². The van der Waals surface area contributed by atoms with Crippen molar-refractivity contribution in [3.05, 3.63) is 65.4 Å². The van der Waals surface area contributed by atoms with Crippen molar-refractivity contribution in [2.75, 3.05) is 6.54 Å². The third-order valence-electron chi connectivity index (χ3n) is 4.93. The maximum Gasteiger partial charge on any atom is 0.227 e. The molecular formula is C20H21FN4O. The van der Waals surface area contributed by atoms with Crippen molar-refractivity contribution in [2.45, 2.75) is 38.6 Å². The Kier molecular flexibility index (Phi) is 4.41. The fraction of sp³-hybridized carbons (Fsp3) is 0.350. The van der Waals surface area contributed by atoms with Crippen LogP contribution in [0.15, 0.2) is 42.6 Å². The molecule has 1 fully saturated rings. The summed E-state index contributed by atoms with van der Waals surface area (Å²) in [7, 11) is 0. The molecule has 0 N–H and O–H groups in total. The van der Waals surface area contributed by atoms with E-state index in [0.29, 0.717) is 12.1 Å². The van der Waals surface area contributed by atoms with Crippen LogP contribution in [0, 0.1) is 12.7 Å². The zero-order valence-corrected chi connectivity index (χ0v) is 14.7. The summed E-state index contributed by atoms with van der Waals surface area (Å²) >= 11 is 0. The molecule has 3 aromatic rings.